The first-order chi connectivity index (χ1) is 15.0. The predicted molar refractivity (Wildman–Crippen MR) is 119 cm³/mol. The molecule has 3 rings (SSSR count). The van der Waals surface area contributed by atoms with Crippen LogP contribution in [0, 0.1) is 0 Å². The van der Waals surface area contributed by atoms with E-state index in [0.717, 1.165) is 12.2 Å². The Morgan fingerprint density at radius 1 is 0.839 bits per heavy atom. The number of carbonyl (C=O) groups excluding carboxylic acids is 2. The van der Waals surface area contributed by atoms with Crippen LogP contribution in [0.5, 0.6) is 17.2 Å². The Morgan fingerprint density at radius 2 is 1.48 bits per heavy atom. The molecule has 1 N–H and O–H groups in total. The zero-order valence-electron chi connectivity index (χ0n) is 18.4. The fourth-order valence-corrected chi connectivity index (χ4v) is 3.35. The third kappa shape index (κ3) is 4.82. The fraction of sp³-hybridized carbons (Fsp3) is 0.333. The van der Waals surface area contributed by atoms with Gasteiger partial charge in [-0.1, -0.05) is 26.0 Å². The first-order valence-corrected chi connectivity index (χ1v) is 10.4. The first kappa shape index (κ1) is 22.2. The molecule has 0 aromatic heterocycles. The monoisotopic (exact) mass is 424 g/mol. The Morgan fingerprint density at radius 3 is 2.03 bits per heavy atom. The number of nitrogens with zero attached hydrogens (tertiary/aromatic N) is 1. The fourth-order valence-electron chi connectivity index (χ4n) is 3.35. The van der Waals surface area contributed by atoms with Crippen LogP contribution in [0.2, 0.25) is 0 Å². The van der Waals surface area contributed by atoms with Gasteiger partial charge >= 0.3 is 0 Å². The maximum atomic E-state index is 13.1. The molecular formula is C24H28N2O5. The van der Waals surface area contributed by atoms with Crippen LogP contribution < -0.4 is 19.5 Å². The zero-order valence-corrected chi connectivity index (χ0v) is 18.4. The van der Waals surface area contributed by atoms with Gasteiger partial charge in [-0.3, -0.25) is 14.5 Å². The summed E-state index contributed by atoms with van der Waals surface area (Å²) in [5.41, 5.74) is 1.81. The number of carbonyl (C=O) groups is 2. The van der Waals surface area contributed by atoms with Crippen molar-refractivity contribution in [1.29, 1.82) is 0 Å². The summed E-state index contributed by atoms with van der Waals surface area (Å²) >= 11 is 0. The summed E-state index contributed by atoms with van der Waals surface area (Å²) in [5.74, 6) is 1.20. The van der Waals surface area contributed by atoms with Crippen molar-refractivity contribution in [2.45, 2.75) is 26.7 Å². The van der Waals surface area contributed by atoms with Gasteiger partial charge in [-0.15, -0.1) is 0 Å². The number of hydrogen-bond acceptors (Lipinski definition) is 6. The van der Waals surface area contributed by atoms with Crippen LogP contribution in [0.15, 0.2) is 48.2 Å². The van der Waals surface area contributed by atoms with Crippen LogP contribution in [0.25, 0.3) is 5.57 Å². The van der Waals surface area contributed by atoms with E-state index >= 15 is 0 Å². The number of methoxy groups -OCH3 is 2. The highest BCUT2D eigenvalue weighted by Gasteiger charge is 2.38. The summed E-state index contributed by atoms with van der Waals surface area (Å²) in [6.07, 6.45) is 1.58. The van der Waals surface area contributed by atoms with Crippen molar-refractivity contribution in [3.8, 4) is 17.2 Å². The molecule has 0 unspecified atom stereocenters. The van der Waals surface area contributed by atoms with E-state index in [4.69, 9.17) is 14.2 Å². The van der Waals surface area contributed by atoms with Crippen LogP contribution in [-0.4, -0.2) is 44.1 Å². The molecule has 2 aromatic carbocycles. The normalized spacial score (nSPS) is 13.6. The summed E-state index contributed by atoms with van der Waals surface area (Å²) in [4.78, 5) is 27.5. The van der Waals surface area contributed by atoms with Gasteiger partial charge in [0.2, 0.25) is 0 Å². The topological polar surface area (TPSA) is 77.1 Å². The van der Waals surface area contributed by atoms with Gasteiger partial charge in [0.25, 0.3) is 11.8 Å². The van der Waals surface area contributed by atoms with Crippen molar-refractivity contribution in [3.05, 3.63) is 53.7 Å². The largest absolute Gasteiger partial charge is 0.497 e. The van der Waals surface area contributed by atoms with Crippen molar-refractivity contribution in [2.75, 3.05) is 32.7 Å². The van der Waals surface area contributed by atoms with Crippen molar-refractivity contribution in [3.63, 3.8) is 0 Å². The van der Waals surface area contributed by atoms with Gasteiger partial charge in [0.15, 0.2) is 0 Å². The smallest absolute Gasteiger partial charge is 0.278 e. The van der Waals surface area contributed by atoms with Gasteiger partial charge in [0.05, 0.1) is 26.4 Å². The molecule has 1 heterocycles. The molecule has 1 aliphatic rings. The lowest BCUT2D eigenvalue weighted by atomic mass is 10.0. The Hall–Kier alpha value is -3.48. The quantitative estimate of drug-likeness (QED) is 0.579. The second-order valence-corrected chi connectivity index (χ2v) is 7.11. The molecule has 2 aromatic rings. The summed E-state index contributed by atoms with van der Waals surface area (Å²) in [5, 5.41) is 3.13. The van der Waals surface area contributed by atoms with E-state index in [1.165, 1.54) is 4.90 Å². The lowest BCUT2D eigenvalue weighted by Crippen LogP contribution is -2.33. The van der Waals surface area contributed by atoms with E-state index in [2.05, 4.69) is 5.32 Å². The van der Waals surface area contributed by atoms with E-state index in [1.54, 1.807) is 44.6 Å². The molecule has 0 fully saturated rings. The van der Waals surface area contributed by atoms with Crippen LogP contribution >= 0.6 is 0 Å². The van der Waals surface area contributed by atoms with Crippen molar-refractivity contribution >= 4 is 23.1 Å². The number of nitrogens with one attached hydrogen (secondary N) is 1. The van der Waals surface area contributed by atoms with E-state index in [1.807, 2.05) is 26.0 Å². The van der Waals surface area contributed by atoms with E-state index in [9.17, 15) is 9.59 Å². The number of hydrogen-bond donors (Lipinski definition) is 1. The molecule has 0 saturated carbocycles. The number of amides is 2. The summed E-state index contributed by atoms with van der Waals surface area (Å²) in [6.45, 7) is 4.94. The van der Waals surface area contributed by atoms with Gasteiger partial charge in [-0.25, -0.2) is 0 Å². The van der Waals surface area contributed by atoms with E-state index in [0.29, 0.717) is 47.9 Å². The molecule has 0 aliphatic carbocycles. The average molecular weight is 424 g/mol. The van der Waals surface area contributed by atoms with Crippen LogP contribution in [0.4, 0.5) is 5.69 Å². The van der Waals surface area contributed by atoms with E-state index in [-0.39, 0.29) is 17.5 Å². The third-order valence-electron chi connectivity index (χ3n) is 4.85. The van der Waals surface area contributed by atoms with E-state index < -0.39 is 0 Å². The van der Waals surface area contributed by atoms with Crippen LogP contribution in [-0.2, 0) is 9.59 Å². The molecule has 0 radical (unpaired) electrons. The summed E-state index contributed by atoms with van der Waals surface area (Å²) in [6, 6.07) is 12.4. The summed E-state index contributed by atoms with van der Waals surface area (Å²) in [7, 11) is 3.11. The third-order valence-corrected chi connectivity index (χ3v) is 4.85. The Bertz CT molecular complexity index is 960. The first-order valence-electron chi connectivity index (χ1n) is 10.4. The number of benzene rings is 2. The Labute approximate surface area is 182 Å². The van der Waals surface area contributed by atoms with Gasteiger partial charge in [-0.2, -0.15) is 0 Å². The second kappa shape index (κ2) is 10.0. The highest BCUT2D eigenvalue weighted by molar-refractivity contribution is 6.36. The van der Waals surface area contributed by atoms with Crippen LogP contribution in [0.1, 0.15) is 32.3 Å². The molecular weight excluding hydrogens is 396 g/mol. The Kier molecular flexibility index (Phi) is 7.18. The van der Waals surface area contributed by atoms with Crippen molar-refractivity contribution in [2.24, 2.45) is 0 Å². The molecule has 31 heavy (non-hydrogen) atoms. The van der Waals surface area contributed by atoms with Gasteiger partial charge in [-0.05, 0) is 30.5 Å². The van der Waals surface area contributed by atoms with Gasteiger partial charge < -0.3 is 19.5 Å². The zero-order chi connectivity index (χ0) is 22.4. The maximum absolute atomic E-state index is 13.1. The molecule has 0 atom stereocenters. The summed E-state index contributed by atoms with van der Waals surface area (Å²) < 4.78 is 16.3. The molecule has 7 nitrogen and oxygen atoms in total. The highest BCUT2D eigenvalue weighted by Crippen LogP contribution is 2.33. The predicted octanol–water partition coefficient (Wildman–Crippen LogP) is 4.09. The maximum Gasteiger partial charge on any atom is 0.278 e. The van der Waals surface area contributed by atoms with Crippen molar-refractivity contribution < 1.29 is 23.8 Å². The molecule has 1 aliphatic heterocycles. The second-order valence-electron chi connectivity index (χ2n) is 7.11. The molecule has 7 heteroatoms. The minimum Gasteiger partial charge on any atom is -0.497 e. The standard InChI is InChI=1S/C24H28N2O5/c1-5-11-26-23(27)21(16-7-9-18(10-8-16)31-12-6-2)22(24(26)28)25-17-13-19(29-3)15-20(14-17)30-4/h7-10,13-15,25H,5-6,11-12H2,1-4H3. The number of ether oxygens (including phenoxy) is 3. The van der Waals surface area contributed by atoms with Crippen LogP contribution in [0.3, 0.4) is 0 Å². The van der Waals surface area contributed by atoms with Gasteiger partial charge in [0, 0.05) is 30.4 Å². The Balaban J connectivity index is 2.02. The van der Waals surface area contributed by atoms with Gasteiger partial charge in [0.1, 0.15) is 22.9 Å². The number of rotatable bonds is 10. The average Bonchev–Trinajstić information content (AvgIpc) is 3.02. The highest BCUT2D eigenvalue weighted by atomic mass is 16.5. The lowest BCUT2D eigenvalue weighted by Gasteiger charge is -2.14. The lowest BCUT2D eigenvalue weighted by molar-refractivity contribution is -0.136. The molecule has 164 valence electrons. The molecule has 0 saturated heterocycles. The SMILES string of the molecule is CCCOc1ccc(C2=C(Nc3cc(OC)cc(OC)c3)C(=O)N(CCC)C2=O)cc1. The molecule has 2 amide bonds. The molecule has 0 spiro atoms. The van der Waals surface area contributed by atoms with Crippen molar-refractivity contribution in [1.82, 2.24) is 4.90 Å². The minimum absolute atomic E-state index is 0.232. The number of anilines is 1. The number of imide groups is 1. The minimum atomic E-state index is -0.352. The molecule has 0 bridgehead atoms.